The molecule has 3 aliphatic rings. The summed E-state index contributed by atoms with van der Waals surface area (Å²) < 4.78 is 4.99. The van der Waals surface area contributed by atoms with Crippen LogP contribution in [0.5, 0.6) is 0 Å². The summed E-state index contributed by atoms with van der Waals surface area (Å²) in [6, 6.07) is -0.209. The Bertz CT molecular complexity index is 816. The molecular weight excluding hydrogens is 402 g/mol. The summed E-state index contributed by atoms with van der Waals surface area (Å²) in [6.45, 7) is 2.59. The fourth-order valence-electron chi connectivity index (χ4n) is 4.93. The Morgan fingerprint density at radius 2 is 1.77 bits per heavy atom. The normalized spacial score (nSPS) is 21.9. The Labute approximate surface area is 181 Å². The van der Waals surface area contributed by atoms with E-state index < -0.39 is 0 Å². The summed E-state index contributed by atoms with van der Waals surface area (Å²) in [4.78, 5) is 43.4. The molecule has 2 amide bonds. The molecule has 3 heterocycles. The lowest BCUT2D eigenvalue weighted by molar-refractivity contribution is -0.137. The van der Waals surface area contributed by atoms with E-state index in [1.165, 1.54) is 23.3 Å². The average Bonchev–Trinajstić information content (AvgIpc) is 3.41. The number of fused-ring (bicyclic) bond motifs is 1. The molecule has 1 atom stereocenters. The minimum atomic E-state index is -0.384. The molecule has 1 unspecified atom stereocenters. The van der Waals surface area contributed by atoms with Gasteiger partial charge >= 0.3 is 5.97 Å². The second-order valence-corrected chi connectivity index (χ2v) is 9.57. The van der Waals surface area contributed by atoms with E-state index in [1.807, 2.05) is 9.80 Å². The van der Waals surface area contributed by atoms with E-state index in [1.54, 1.807) is 0 Å². The molecule has 1 aromatic rings. The van der Waals surface area contributed by atoms with Gasteiger partial charge in [0.25, 0.3) is 0 Å². The molecule has 4 rings (SSSR count). The quantitative estimate of drug-likeness (QED) is 0.723. The molecule has 30 heavy (non-hydrogen) atoms. The van der Waals surface area contributed by atoms with Crippen LogP contribution in [0.2, 0.25) is 0 Å². The number of nitrogens with zero attached hydrogens (tertiary/aromatic N) is 2. The first-order valence-electron chi connectivity index (χ1n) is 11.1. The lowest BCUT2D eigenvalue weighted by Crippen LogP contribution is -2.52. The fourth-order valence-corrected chi connectivity index (χ4v) is 6.22. The third-order valence-corrected chi connectivity index (χ3v) is 7.68. The third-order valence-electron chi connectivity index (χ3n) is 6.48. The van der Waals surface area contributed by atoms with Gasteiger partial charge in [-0.3, -0.25) is 14.5 Å². The number of hydrogen-bond acceptors (Lipinski definition) is 6. The SMILES string of the molecule is COC(=O)c1c(NC(=O)CN2CCCCC2C(=O)N2CCCC2)sc2c1CCCC2. The second kappa shape index (κ2) is 9.47. The van der Waals surface area contributed by atoms with E-state index in [0.717, 1.165) is 83.0 Å². The van der Waals surface area contributed by atoms with E-state index >= 15 is 0 Å². The highest BCUT2D eigenvalue weighted by atomic mass is 32.1. The van der Waals surface area contributed by atoms with Crippen LogP contribution in [0.1, 0.15) is 65.7 Å². The van der Waals surface area contributed by atoms with Gasteiger partial charge in [0.15, 0.2) is 0 Å². The predicted molar refractivity (Wildman–Crippen MR) is 116 cm³/mol. The van der Waals surface area contributed by atoms with Crippen molar-refractivity contribution in [1.82, 2.24) is 9.80 Å². The average molecular weight is 434 g/mol. The zero-order valence-corrected chi connectivity index (χ0v) is 18.5. The summed E-state index contributed by atoms with van der Waals surface area (Å²) in [6.07, 6.45) is 8.91. The number of nitrogens with one attached hydrogen (secondary N) is 1. The van der Waals surface area contributed by atoms with E-state index in [4.69, 9.17) is 4.74 Å². The lowest BCUT2D eigenvalue weighted by atomic mass is 9.95. The van der Waals surface area contributed by atoms with E-state index in [-0.39, 0.29) is 30.4 Å². The number of aryl methyl sites for hydroxylation is 1. The van der Waals surface area contributed by atoms with E-state index in [2.05, 4.69) is 5.32 Å². The lowest BCUT2D eigenvalue weighted by Gasteiger charge is -2.36. The van der Waals surface area contributed by atoms with Gasteiger partial charge in [-0.05, 0) is 63.5 Å². The minimum Gasteiger partial charge on any atom is -0.465 e. The number of esters is 1. The Balaban J connectivity index is 1.46. The van der Waals surface area contributed by atoms with E-state index in [9.17, 15) is 14.4 Å². The fraction of sp³-hybridized carbons (Fsp3) is 0.682. The van der Waals surface area contributed by atoms with Gasteiger partial charge in [0, 0.05) is 18.0 Å². The van der Waals surface area contributed by atoms with Crippen molar-refractivity contribution < 1.29 is 19.1 Å². The number of carbonyl (C=O) groups excluding carboxylic acids is 3. The van der Waals surface area contributed by atoms with Crippen LogP contribution in [0, 0.1) is 0 Å². The summed E-state index contributed by atoms with van der Waals surface area (Å²) >= 11 is 1.50. The van der Waals surface area contributed by atoms with Gasteiger partial charge in [-0.25, -0.2) is 4.79 Å². The molecule has 1 aromatic heterocycles. The molecule has 0 radical (unpaired) electrons. The highest BCUT2D eigenvalue weighted by Crippen LogP contribution is 2.38. The van der Waals surface area contributed by atoms with Crippen molar-refractivity contribution in [3.63, 3.8) is 0 Å². The third kappa shape index (κ3) is 4.39. The largest absolute Gasteiger partial charge is 0.465 e. The molecular formula is C22H31N3O4S. The number of rotatable bonds is 5. The zero-order chi connectivity index (χ0) is 21.1. The van der Waals surface area contributed by atoms with Crippen LogP contribution in [-0.4, -0.2) is 66.9 Å². The Morgan fingerprint density at radius 1 is 1.03 bits per heavy atom. The van der Waals surface area contributed by atoms with Gasteiger partial charge in [0.2, 0.25) is 11.8 Å². The van der Waals surface area contributed by atoms with Gasteiger partial charge < -0.3 is 15.0 Å². The summed E-state index contributed by atoms with van der Waals surface area (Å²) in [5.74, 6) is -0.383. The van der Waals surface area contributed by atoms with Crippen LogP contribution in [0.4, 0.5) is 5.00 Å². The highest BCUT2D eigenvalue weighted by Gasteiger charge is 2.34. The van der Waals surface area contributed by atoms with Crippen LogP contribution in [-0.2, 0) is 27.2 Å². The van der Waals surface area contributed by atoms with Gasteiger partial charge in [0.05, 0.1) is 25.3 Å². The van der Waals surface area contributed by atoms with Gasteiger partial charge in [0.1, 0.15) is 5.00 Å². The number of ether oxygens (including phenoxy) is 1. The second-order valence-electron chi connectivity index (χ2n) is 8.47. The molecule has 1 N–H and O–H groups in total. The van der Waals surface area contributed by atoms with Gasteiger partial charge in [-0.1, -0.05) is 6.42 Å². The van der Waals surface area contributed by atoms with Crippen LogP contribution < -0.4 is 5.32 Å². The number of likely N-dealkylation sites (tertiary alicyclic amines) is 2. The Morgan fingerprint density at radius 3 is 2.53 bits per heavy atom. The highest BCUT2D eigenvalue weighted by molar-refractivity contribution is 7.17. The van der Waals surface area contributed by atoms with Crippen molar-refractivity contribution in [1.29, 1.82) is 0 Å². The molecule has 0 saturated carbocycles. The van der Waals surface area contributed by atoms with Crippen molar-refractivity contribution in [2.24, 2.45) is 0 Å². The van der Waals surface area contributed by atoms with Crippen LogP contribution in [0.3, 0.4) is 0 Å². The first-order valence-corrected chi connectivity index (χ1v) is 12.0. The zero-order valence-electron chi connectivity index (χ0n) is 17.7. The maximum absolute atomic E-state index is 13.0. The first-order chi connectivity index (χ1) is 14.6. The van der Waals surface area contributed by atoms with Crippen molar-refractivity contribution >= 4 is 34.1 Å². The minimum absolute atomic E-state index is 0.167. The number of anilines is 1. The van der Waals surface area contributed by atoms with Crippen LogP contribution >= 0.6 is 11.3 Å². The molecule has 0 aromatic carbocycles. The first kappa shape index (κ1) is 21.3. The number of hydrogen-bond donors (Lipinski definition) is 1. The Hall–Kier alpha value is -1.93. The molecule has 2 fully saturated rings. The molecule has 2 saturated heterocycles. The number of methoxy groups -OCH3 is 1. The molecule has 1 aliphatic carbocycles. The molecule has 164 valence electrons. The van der Waals surface area contributed by atoms with E-state index in [0.29, 0.717) is 10.6 Å². The predicted octanol–water partition coefficient (Wildman–Crippen LogP) is 2.83. The topological polar surface area (TPSA) is 79.0 Å². The number of thiophene rings is 1. The standard InChI is InChI=1S/C22H31N3O4S/c1-29-22(28)19-15-8-2-3-10-17(15)30-20(19)23-18(26)14-25-13-5-4-9-16(25)21(27)24-11-6-7-12-24/h16H,2-14H2,1H3,(H,23,26). The van der Waals surface area contributed by atoms with Gasteiger partial charge in [-0.15, -0.1) is 11.3 Å². The maximum Gasteiger partial charge on any atom is 0.341 e. The maximum atomic E-state index is 13.0. The summed E-state index contributed by atoms with van der Waals surface area (Å²) in [7, 11) is 1.38. The molecule has 2 aliphatic heterocycles. The Kier molecular flexibility index (Phi) is 6.73. The summed E-state index contributed by atoms with van der Waals surface area (Å²) in [5.41, 5.74) is 1.56. The van der Waals surface area contributed by atoms with Crippen LogP contribution in [0.15, 0.2) is 0 Å². The molecule has 7 nitrogen and oxygen atoms in total. The van der Waals surface area contributed by atoms with Crippen molar-refractivity contribution in [3.8, 4) is 0 Å². The smallest absolute Gasteiger partial charge is 0.341 e. The molecule has 0 spiro atoms. The number of piperidine rings is 1. The van der Waals surface area contributed by atoms with Crippen molar-refractivity contribution in [2.75, 3.05) is 38.6 Å². The number of carbonyl (C=O) groups is 3. The van der Waals surface area contributed by atoms with Crippen LogP contribution in [0.25, 0.3) is 0 Å². The van der Waals surface area contributed by atoms with Crippen molar-refractivity contribution in [3.05, 3.63) is 16.0 Å². The number of amides is 2. The van der Waals surface area contributed by atoms with Gasteiger partial charge in [-0.2, -0.15) is 0 Å². The molecule has 8 heteroatoms. The van der Waals surface area contributed by atoms with Crippen molar-refractivity contribution in [2.45, 2.75) is 63.8 Å². The monoisotopic (exact) mass is 433 g/mol. The summed E-state index contributed by atoms with van der Waals surface area (Å²) in [5, 5.41) is 3.57. The molecule has 0 bridgehead atoms.